The molecule has 0 fully saturated rings. The van der Waals surface area contributed by atoms with Crippen molar-refractivity contribution in [1.82, 2.24) is 20.0 Å². The number of ether oxygens (including phenoxy) is 4. The number of aromatic nitrogens is 4. The average molecular weight is 430 g/mol. The SMILES string of the molecule is COc1cc(-c2nnc(COC(=O)CCc3c(C)nn(C)c3C)o2)cc(OC)c1OC. The quantitative estimate of drug-likeness (QED) is 0.473. The number of hydrogen-bond donors (Lipinski definition) is 0. The van der Waals surface area contributed by atoms with Crippen LogP contribution >= 0.6 is 0 Å². The van der Waals surface area contributed by atoms with Gasteiger partial charge in [0.05, 0.1) is 27.0 Å². The van der Waals surface area contributed by atoms with Crippen molar-refractivity contribution in [3.63, 3.8) is 0 Å². The standard InChI is InChI=1S/C21H26N4O6/c1-12-15(13(2)25(3)24-12)7-8-19(26)30-11-18-22-23-21(31-18)14-9-16(27-4)20(29-6)17(10-14)28-5/h9-10H,7-8,11H2,1-6H3. The molecule has 0 aliphatic rings. The molecule has 166 valence electrons. The van der Waals surface area contributed by atoms with Crippen LogP contribution in [0.4, 0.5) is 0 Å². The van der Waals surface area contributed by atoms with Crippen molar-refractivity contribution >= 4 is 5.97 Å². The van der Waals surface area contributed by atoms with E-state index in [1.54, 1.807) is 16.8 Å². The molecule has 3 rings (SSSR count). The summed E-state index contributed by atoms with van der Waals surface area (Å²) in [5.74, 6) is 1.46. The van der Waals surface area contributed by atoms with Gasteiger partial charge in [0.15, 0.2) is 18.1 Å². The van der Waals surface area contributed by atoms with Crippen molar-refractivity contribution in [3.05, 3.63) is 35.0 Å². The molecule has 10 heteroatoms. The molecular formula is C21H26N4O6. The average Bonchev–Trinajstić information content (AvgIpc) is 3.34. The van der Waals surface area contributed by atoms with Crippen LogP contribution in [0.25, 0.3) is 11.5 Å². The fraction of sp³-hybridized carbons (Fsp3) is 0.429. The summed E-state index contributed by atoms with van der Waals surface area (Å²) in [5.41, 5.74) is 3.60. The maximum Gasteiger partial charge on any atom is 0.306 e. The predicted octanol–water partition coefficient (Wildman–Crippen LogP) is 2.79. The molecule has 0 saturated carbocycles. The molecule has 0 N–H and O–H groups in total. The van der Waals surface area contributed by atoms with Gasteiger partial charge < -0.3 is 23.4 Å². The van der Waals surface area contributed by atoms with Crippen molar-refractivity contribution in [2.24, 2.45) is 7.05 Å². The van der Waals surface area contributed by atoms with E-state index in [1.165, 1.54) is 21.3 Å². The van der Waals surface area contributed by atoms with Gasteiger partial charge in [0.2, 0.25) is 11.6 Å². The van der Waals surface area contributed by atoms with E-state index < -0.39 is 0 Å². The van der Waals surface area contributed by atoms with Gasteiger partial charge in [-0.2, -0.15) is 5.10 Å². The smallest absolute Gasteiger partial charge is 0.306 e. The lowest BCUT2D eigenvalue weighted by Crippen LogP contribution is -2.07. The Hall–Kier alpha value is -3.56. The van der Waals surface area contributed by atoms with E-state index in [0.717, 1.165) is 17.0 Å². The Morgan fingerprint density at radius 1 is 1.06 bits per heavy atom. The summed E-state index contributed by atoms with van der Waals surface area (Å²) >= 11 is 0. The first-order valence-electron chi connectivity index (χ1n) is 9.65. The zero-order valence-corrected chi connectivity index (χ0v) is 18.5. The van der Waals surface area contributed by atoms with Gasteiger partial charge >= 0.3 is 5.97 Å². The molecule has 3 aromatic rings. The molecule has 0 spiro atoms. The summed E-state index contributed by atoms with van der Waals surface area (Å²) in [6.45, 7) is 3.79. The molecule has 0 saturated heterocycles. The van der Waals surface area contributed by atoms with Crippen LogP contribution in [-0.2, 0) is 29.6 Å². The number of methoxy groups -OCH3 is 3. The van der Waals surface area contributed by atoms with Crippen LogP contribution in [0.15, 0.2) is 16.5 Å². The van der Waals surface area contributed by atoms with E-state index in [-0.39, 0.29) is 30.8 Å². The third kappa shape index (κ3) is 4.79. The van der Waals surface area contributed by atoms with E-state index in [1.807, 2.05) is 20.9 Å². The van der Waals surface area contributed by atoms with Crippen LogP contribution in [0.1, 0.15) is 29.3 Å². The summed E-state index contributed by atoms with van der Waals surface area (Å²) in [7, 11) is 6.45. The van der Waals surface area contributed by atoms with Gasteiger partial charge in [0.25, 0.3) is 5.89 Å². The van der Waals surface area contributed by atoms with Crippen molar-refractivity contribution in [3.8, 4) is 28.7 Å². The summed E-state index contributed by atoms with van der Waals surface area (Å²) in [4.78, 5) is 12.1. The maximum atomic E-state index is 12.1. The van der Waals surface area contributed by atoms with Crippen LogP contribution in [0.3, 0.4) is 0 Å². The summed E-state index contributed by atoms with van der Waals surface area (Å²) in [5, 5.41) is 12.3. The number of hydrogen-bond acceptors (Lipinski definition) is 9. The molecule has 0 bridgehead atoms. The number of rotatable bonds is 9. The van der Waals surface area contributed by atoms with Gasteiger partial charge in [-0.05, 0) is 38.0 Å². The molecule has 2 heterocycles. The van der Waals surface area contributed by atoms with Crippen molar-refractivity contribution < 1.29 is 28.2 Å². The van der Waals surface area contributed by atoms with Crippen molar-refractivity contribution in [2.45, 2.75) is 33.3 Å². The number of carbonyl (C=O) groups is 1. The highest BCUT2D eigenvalue weighted by Gasteiger charge is 2.18. The molecule has 2 aromatic heterocycles. The van der Waals surface area contributed by atoms with Gasteiger partial charge in [-0.3, -0.25) is 9.48 Å². The van der Waals surface area contributed by atoms with E-state index in [2.05, 4.69) is 15.3 Å². The number of aryl methyl sites for hydroxylation is 2. The van der Waals surface area contributed by atoms with Gasteiger partial charge in [0, 0.05) is 24.7 Å². The maximum absolute atomic E-state index is 12.1. The zero-order valence-electron chi connectivity index (χ0n) is 18.5. The van der Waals surface area contributed by atoms with Gasteiger partial charge in [-0.25, -0.2) is 0 Å². The Morgan fingerprint density at radius 3 is 2.29 bits per heavy atom. The minimum atomic E-state index is -0.352. The van der Waals surface area contributed by atoms with E-state index in [4.69, 9.17) is 23.4 Å². The number of carbonyl (C=O) groups excluding carboxylic acids is 1. The predicted molar refractivity (Wildman–Crippen MR) is 110 cm³/mol. The third-order valence-electron chi connectivity index (χ3n) is 4.97. The highest BCUT2D eigenvalue weighted by atomic mass is 16.5. The Balaban J connectivity index is 1.63. The summed E-state index contributed by atoms with van der Waals surface area (Å²) < 4.78 is 28.7. The second-order valence-electron chi connectivity index (χ2n) is 6.85. The molecule has 0 atom stereocenters. The van der Waals surface area contributed by atoms with Crippen LogP contribution in [0, 0.1) is 13.8 Å². The minimum absolute atomic E-state index is 0.110. The molecule has 0 amide bonds. The first-order chi connectivity index (χ1) is 14.9. The lowest BCUT2D eigenvalue weighted by Gasteiger charge is -2.12. The van der Waals surface area contributed by atoms with E-state index in [0.29, 0.717) is 29.2 Å². The minimum Gasteiger partial charge on any atom is -0.493 e. The molecule has 0 radical (unpaired) electrons. The Labute approximate surface area is 180 Å². The second-order valence-corrected chi connectivity index (χ2v) is 6.85. The van der Waals surface area contributed by atoms with Gasteiger partial charge in [-0.1, -0.05) is 0 Å². The number of benzene rings is 1. The normalized spacial score (nSPS) is 10.8. The van der Waals surface area contributed by atoms with E-state index in [9.17, 15) is 4.79 Å². The first-order valence-corrected chi connectivity index (χ1v) is 9.65. The van der Waals surface area contributed by atoms with Gasteiger partial charge in [-0.15, -0.1) is 10.2 Å². The summed E-state index contributed by atoms with van der Waals surface area (Å²) in [6, 6.07) is 3.40. The fourth-order valence-electron chi connectivity index (χ4n) is 3.25. The topological polar surface area (TPSA) is 111 Å². The Morgan fingerprint density at radius 2 is 1.74 bits per heavy atom. The van der Waals surface area contributed by atoms with Crippen LogP contribution in [-0.4, -0.2) is 47.3 Å². The second kappa shape index (κ2) is 9.50. The van der Waals surface area contributed by atoms with Crippen LogP contribution in [0.5, 0.6) is 17.2 Å². The zero-order chi connectivity index (χ0) is 22.5. The fourth-order valence-corrected chi connectivity index (χ4v) is 3.25. The molecular weight excluding hydrogens is 404 g/mol. The number of esters is 1. The molecule has 0 aliphatic carbocycles. The van der Waals surface area contributed by atoms with Crippen LogP contribution in [0.2, 0.25) is 0 Å². The largest absolute Gasteiger partial charge is 0.493 e. The lowest BCUT2D eigenvalue weighted by molar-refractivity contribution is -0.145. The highest BCUT2D eigenvalue weighted by Crippen LogP contribution is 2.40. The first kappa shape index (κ1) is 22.1. The molecule has 0 aliphatic heterocycles. The monoisotopic (exact) mass is 430 g/mol. The highest BCUT2D eigenvalue weighted by molar-refractivity contribution is 5.70. The third-order valence-corrected chi connectivity index (χ3v) is 4.97. The van der Waals surface area contributed by atoms with Crippen LogP contribution < -0.4 is 14.2 Å². The molecule has 0 unspecified atom stereocenters. The van der Waals surface area contributed by atoms with Crippen molar-refractivity contribution in [2.75, 3.05) is 21.3 Å². The van der Waals surface area contributed by atoms with Gasteiger partial charge in [0.1, 0.15) is 0 Å². The Bertz CT molecular complexity index is 1050. The molecule has 1 aromatic carbocycles. The molecule has 10 nitrogen and oxygen atoms in total. The summed E-state index contributed by atoms with van der Waals surface area (Å²) in [6.07, 6.45) is 0.798. The number of nitrogens with zero attached hydrogens (tertiary/aromatic N) is 4. The van der Waals surface area contributed by atoms with Crippen molar-refractivity contribution in [1.29, 1.82) is 0 Å². The molecule has 31 heavy (non-hydrogen) atoms. The van der Waals surface area contributed by atoms with E-state index >= 15 is 0 Å². The Kier molecular flexibility index (Phi) is 6.78. The lowest BCUT2D eigenvalue weighted by atomic mass is 10.1.